The quantitative estimate of drug-likeness (QED) is 0.593. The zero-order valence-electron chi connectivity index (χ0n) is 7.60. The number of hydrogen-bond acceptors (Lipinski definition) is 3. The molecule has 1 rings (SSSR count). The lowest BCUT2D eigenvalue weighted by Crippen LogP contribution is -1.87. The number of methoxy groups -OCH3 is 1. The Hall–Kier alpha value is -1.42. The molecule has 4 heteroatoms. The van der Waals surface area contributed by atoms with Gasteiger partial charge in [-0.2, -0.15) is 0 Å². The molecular formula is C10H10O3S. The number of aliphatic carboxylic acids is 1. The molecule has 0 bridgehead atoms. The summed E-state index contributed by atoms with van der Waals surface area (Å²) in [6.07, 6.45) is 2.57. The van der Waals surface area contributed by atoms with Crippen LogP contribution in [-0.4, -0.2) is 18.2 Å². The third-order valence-electron chi connectivity index (χ3n) is 1.62. The van der Waals surface area contributed by atoms with Crippen molar-refractivity contribution in [1.29, 1.82) is 0 Å². The molecule has 0 aliphatic heterocycles. The van der Waals surface area contributed by atoms with Crippen molar-refractivity contribution in [3.8, 4) is 5.75 Å². The molecule has 0 saturated carbocycles. The van der Waals surface area contributed by atoms with Gasteiger partial charge in [0.05, 0.1) is 7.11 Å². The second-order valence-electron chi connectivity index (χ2n) is 2.60. The second-order valence-corrected chi connectivity index (χ2v) is 3.08. The number of ether oxygens (including phenoxy) is 1. The molecular weight excluding hydrogens is 200 g/mol. The minimum atomic E-state index is -0.973. The van der Waals surface area contributed by atoms with Gasteiger partial charge in [0.1, 0.15) is 5.75 Å². The topological polar surface area (TPSA) is 46.5 Å². The Labute approximate surface area is 87.4 Å². The van der Waals surface area contributed by atoms with Gasteiger partial charge in [0.15, 0.2) is 0 Å². The number of carboxylic acid groups (broad SMARTS) is 1. The summed E-state index contributed by atoms with van der Waals surface area (Å²) in [4.78, 5) is 11.0. The summed E-state index contributed by atoms with van der Waals surface area (Å²) in [5.41, 5.74) is 0.766. The summed E-state index contributed by atoms with van der Waals surface area (Å²) in [6.45, 7) is 0. The second kappa shape index (κ2) is 4.72. The Morgan fingerprint density at radius 1 is 1.57 bits per heavy atom. The van der Waals surface area contributed by atoms with E-state index in [1.807, 2.05) is 0 Å². The Kier molecular flexibility index (Phi) is 3.59. The largest absolute Gasteiger partial charge is 0.496 e. The summed E-state index contributed by atoms with van der Waals surface area (Å²) in [7, 11) is 1.54. The maximum atomic E-state index is 10.3. The van der Waals surface area contributed by atoms with Gasteiger partial charge in [-0.15, -0.1) is 12.6 Å². The van der Waals surface area contributed by atoms with Crippen LogP contribution >= 0.6 is 12.6 Å². The Morgan fingerprint density at radius 2 is 2.29 bits per heavy atom. The van der Waals surface area contributed by atoms with E-state index in [-0.39, 0.29) is 0 Å². The molecule has 1 N–H and O–H groups in total. The first-order valence-electron chi connectivity index (χ1n) is 3.91. The van der Waals surface area contributed by atoms with E-state index in [0.717, 1.165) is 16.5 Å². The monoisotopic (exact) mass is 210 g/mol. The molecule has 0 unspecified atom stereocenters. The van der Waals surface area contributed by atoms with E-state index < -0.39 is 5.97 Å². The molecule has 0 spiro atoms. The van der Waals surface area contributed by atoms with E-state index in [0.29, 0.717) is 5.75 Å². The van der Waals surface area contributed by atoms with Crippen LogP contribution in [0.15, 0.2) is 29.2 Å². The van der Waals surface area contributed by atoms with Gasteiger partial charge in [-0.25, -0.2) is 4.79 Å². The van der Waals surface area contributed by atoms with Crippen LogP contribution in [0.25, 0.3) is 6.08 Å². The van der Waals surface area contributed by atoms with Crippen molar-refractivity contribution in [2.24, 2.45) is 0 Å². The highest BCUT2D eigenvalue weighted by Gasteiger charge is 1.98. The highest BCUT2D eigenvalue weighted by Crippen LogP contribution is 2.23. The molecule has 0 amide bonds. The summed E-state index contributed by atoms with van der Waals surface area (Å²) in [5.74, 6) is -0.347. The number of thiol groups is 1. The molecule has 3 nitrogen and oxygen atoms in total. The lowest BCUT2D eigenvalue weighted by molar-refractivity contribution is -0.131. The maximum Gasteiger partial charge on any atom is 0.328 e. The van der Waals surface area contributed by atoms with Crippen LogP contribution in [0, 0.1) is 0 Å². The predicted molar refractivity (Wildman–Crippen MR) is 56.9 cm³/mol. The standard InChI is InChI=1S/C10H10O3S/c1-13-8-6-7(2-4-9(8)14)3-5-10(11)12/h2-6,14H,1H3,(H,11,12)/b5-3+. The van der Waals surface area contributed by atoms with Gasteiger partial charge in [0.25, 0.3) is 0 Å². The predicted octanol–water partition coefficient (Wildman–Crippen LogP) is 2.08. The van der Waals surface area contributed by atoms with Crippen LogP contribution in [0.4, 0.5) is 0 Å². The number of hydrogen-bond donors (Lipinski definition) is 2. The first kappa shape index (κ1) is 10.7. The summed E-state index contributed by atoms with van der Waals surface area (Å²) in [5, 5.41) is 8.42. The van der Waals surface area contributed by atoms with Crippen molar-refractivity contribution in [3.63, 3.8) is 0 Å². The van der Waals surface area contributed by atoms with E-state index in [1.54, 1.807) is 25.3 Å². The van der Waals surface area contributed by atoms with Gasteiger partial charge in [0.2, 0.25) is 0 Å². The van der Waals surface area contributed by atoms with Crippen LogP contribution in [0.2, 0.25) is 0 Å². The van der Waals surface area contributed by atoms with Gasteiger partial charge >= 0.3 is 5.97 Å². The van der Waals surface area contributed by atoms with Gasteiger partial charge in [-0.3, -0.25) is 0 Å². The molecule has 0 atom stereocenters. The SMILES string of the molecule is COc1cc(/C=C/C(=O)O)ccc1S. The van der Waals surface area contributed by atoms with E-state index in [4.69, 9.17) is 9.84 Å². The van der Waals surface area contributed by atoms with Gasteiger partial charge in [0, 0.05) is 11.0 Å². The highest BCUT2D eigenvalue weighted by atomic mass is 32.1. The van der Waals surface area contributed by atoms with Crippen LogP contribution in [0.5, 0.6) is 5.75 Å². The van der Waals surface area contributed by atoms with Gasteiger partial charge < -0.3 is 9.84 Å². The molecule has 74 valence electrons. The van der Waals surface area contributed by atoms with E-state index in [2.05, 4.69) is 12.6 Å². The minimum absolute atomic E-state index is 0.626. The number of rotatable bonds is 3. The molecule has 1 aromatic rings. The molecule has 0 aliphatic rings. The van der Waals surface area contributed by atoms with Crippen molar-refractivity contribution in [3.05, 3.63) is 29.8 Å². The van der Waals surface area contributed by atoms with Crippen molar-refractivity contribution in [2.45, 2.75) is 4.90 Å². The van der Waals surface area contributed by atoms with Crippen molar-refractivity contribution in [1.82, 2.24) is 0 Å². The third-order valence-corrected chi connectivity index (χ3v) is 1.99. The first-order chi connectivity index (χ1) is 6.63. The molecule has 0 radical (unpaired) electrons. The van der Waals surface area contributed by atoms with Crippen molar-refractivity contribution < 1.29 is 14.6 Å². The fourth-order valence-electron chi connectivity index (χ4n) is 0.965. The van der Waals surface area contributed by atoms with E-state index in [1.165, 1.54) is 6.08 Å². The highest BCUT2D eigenvalue weighted by molar-refractivity contribution is 7.80. The van der Waals surface area contributed by atoms with Crippen molar-refractivity contribution in [2.75, 3.05) is 7.11 Å². The lowest BCUT2D eigenvalue weighted by atomic mass is 10.2. The number of benzene rings is 1. The summed E-state index contributed by atoms with van der Waals surface area (Å²) >= 11 is 4.17. The maximum absolute atomic E-state index is 10.3. The van der Waals surface area contributed by atoms with Crippen LogP contribution < -0.4 is 4.74 Å². The van der Waals surface area contributed by atoms with Crippen molar-refractivity contribution >= 4 is 24.7 Å². The van der Waals surface area contributed by atoms with Gasteiger partial charge in [-0.1, -0.05) is 6.07 Å². The fraction of sp³-hybridized carbons (Fsp3) is 0.100. The number of carbonyl (C=O) groups is 1. The minimum Gasteiger partial charge on any atom is -0.496 e. The molecule has 0 aliphatic carbocycles. The summed E-state index contributed by atoms with van der Waals surface area (Å²) < 4.78 is 5.03. The molecule has 14 heavy (non-hydrogen) atoms. The summed E-state index contributed by atoms with van der Waals surface area (Å²) in [6, 6.07) is 5.25. The molecule has 0 fully saturated rings. The zero-order chi connectivity index (χ0) is 10.6. The fourth-order valence-corrected chi connectivity index (χ4v) is 1.20. The zero-order valence-corrected chi connectivity index (χ0v) is 8.49. The average molecular weight is 210 g/mol. The Bertz CT molecular complexity index is 372. The smallest absolute Gasteiger partial charge is 0.328 e. The van der Waals surface area contributed by atoms with E-state index in [9.17, 15) is 4.79 Å². The van der Waals surface area contributed by atoms with Crippen LogP contribution in [-0.2, 0) is 4.79 Å². The lowest BCUT2D eigenvalue weighted by Gasteiger charge is -2.03. The normalized spacial score (nSPS) is 10.4. The van der Waals surface area contributed by atoms with Crippen LogP contribution in [0.3, 0.4) is 0 Å². The van der Waals surface area contributed by atoms with Crippen LogP contribution in [0.1, 0.15) is 5.56 Å². The molecule has 0 heterocycles. The number of carboxylic acids is 1. The Morgan fingerprint density at radius 3 is 2.86 bits per heavy atom. The molecule has 0 saturated heterocycles. The average Bonchev–Trinajstić information content (AvgIpc) is 2.16. The molecule has 0 aromatic heterocycles. The molecule has 1 aromatic carbocycles. The Balaban J connectivity index is 2.95. The van der Waals surface area contributed by atoms with Gasteiger partial charge in [-0.05, 0) is 23.8 Å². The third kappa shape index (κ3) is 2.81. The first-order valence-corrected chi connectivity index (χ1v) is 4.36. The van der Waals surface area contributed by atoms with E-state index >= 15 is 0 Å².